The highest BCUT2D eigenvalue weighted by molar-refractivity contribution is 6.30. The van der Waals surface area contributed by atoms with Crippen molar-refractivity contribution in [2.24, 2.45) is 0 Å². The summed E-state index contributed by atoms with van der Waals surface area (Å²) < 4.78 is 0. The molecule has 0 spiro atoms. The molecule has 0 aliphatic carbocycles. The average Bonchev–Trinajstić information content (AvgIpc) is 2.04. The van der Waals surface area contributed by atoms with Gasteiger partial charge in [-0.15, -0.1) is 0 Å². The second kappa shape index (κ2) is 6.86. The normalized spacial score (nSPS) is 9.64. The lowest BCUT2D eigenvalue weighted by Crippen LogP contribution is -2.10. The van der Waals surface area contributed by atoms with Crippen molar-refractivity contribution in [1.29, 1.82) is 0 Å². The molecule has 1 aromatic carbocycles. The molecular weight excluding hydrogens is 194 g/mol. The molecule has 80 valence electrons. The third kappa shape index (κ3) is 5.25. The second-order valence-corrected chi connectivity index (χ2v) is 3.81. The van der Waals surface area contributed by atoms with Crippen LogP contribution in [0.15, 0.2) is 18.2 Å². The van der Waals surface area contributed by atoms with Crippen LogP contribution in [0.3, 0.4) is 0 Å². The summed E-state index contributed by atoms with van der Waals surface area (Å²) >= 11 is 5.92. The summed E-state index contributed by atoms with van der Waals surface area (Å²) in [6.45, 7) is 7.01. The highest BCUT2D eigenvalue weighted by Crippen LogP contribution is 2.15. The summed E-state index contributed by atoms with van der Waals surface area (Å²) in [7, 11) is 4.10. The zero-order chi connectivity index (χ0) is 11.1. The lowest BCUT2D eigenvalue weighted by molar-refractivity contribution is 0.402. The van der Waals surface area contributed by atoms with Crippen molar-refractivity contribution in [1.82, 2.24) is 4.90 Å². The highest BCUT2D eigenvalue weighted by Gasteiger charge is 1.97. The molecular formula is C12H20ClN. The van der Waals surface area contributed by atoms with Gasteiger partial charge in [-0.2, -0.15) is 0 Å². The van der Waals surface area contributed by atoms with E-state index in [0.717, 1.165) is 11.6 Å². The molecule has 0 saturated carbocycles. The number of benzene rings is 1. The molecule has 0 heterocycles. The molecule has 0 radical (unpaired) electrons. The SMILES string of the molecule is CC.Cc1cc(Cl)cc(CN(C)C)c1. The van der Waals surface area contributed by atoms with Gasteiger partial charge in [-0.25, -0.2) is 0 Å². The van der Waals surface area contributed by atoms with E-state index in [2.05, 4.69) is 32.0 Å². The van der Waals surface area contributed by atoms with Crippen LogP contribution in [-0.2, 0) is 6.54 Å². The number of nitrogens with zero attached hydrogens (tertiary/aromatic N) is 1. The van der Waals surface area contributed by atoms with Gasteiger partial charge in [0.15, 0.2) is 0 Å². The molecule has 0 bridgehead atoms. The van der Waals surface area contributed by atoms with E-state index in [-0.39, 0.29) is 0 Å². The molecule has 0 aromatic heterocycles. The summed E-state index contributed by atoms with van der Waals surface area (Å²) in [6, 6.07) is 6.14. The van der Waals surface area contributed by atoms with Crippen molar-refractivity contribution >= 4 is 11.6 Å². The van der Waals surface area contributed by atoms with Crippen LogP contribution in [0.5, 0.6) is 0 Å². The largest absolute Gasteiger partial charge is 0.305 e. The van der Waals surface area contributed by atoms with Crippen LogP contribution >= 0.6 is 11.6 Å². The Morgan fingerprint density at radius 1 is 1.14 bits per heavy atom. The lowest BCUT2D eigenvalue weighted by atomic mass is 10.1. The fourth-order valence-corrected chi connectivity index (χ4v) is 1.58. The van der Waals surface area contributed by atoms with E-state index in [0.29, 0.717) is 0 Å². The standard InChI is InChI=1S/C10H14ClN.C2H6/c1-8-4-9(7-12(2)3)6-10(11)5-8;1-2/h4-6H,7H2,1-3H3;1-2H3. The monoisotopic (exact) mass is 213 g/mol. The summed E-state index contributed by atoms with van der Waals surface area (Å²) in [5.74, 6) is 0. The van der Waals surface area contributed by atoms with Crippen molar-refractivity contribution in [2.45, 2.75) is 27.3 Å². The van der Waals surface area contributed by atoms with E-state index in [4.69, 9.17) is 11.6 Å². The van der Waals surface area contributed by atoms with Gasteiger partial charge in [0.2, 0.25) is 0 Å². The van der Waals surface area contributed by atoms with Crippen LogP contribution in [0.25, 0.3) is 0 Å². The van der Waals surface area contributed by atoms with Crippen LogP contribution in [0.2, 0.25) is 5.02 Å². The van der Waals surface area contributed by atoms with Crippen LogP contribution < -0.4 is 0 Å². The number of rotatable bonds is 2. The minimum Gasteiger partial charge on any atom is -0.305 e. The summed E-state index contributed by atoms with van der Waals surface area (Å²) in [4.78, 5) is 2.13. The minimum atomic E-state index is 0.826. The first-order chi connectivity index (χ1) is 6.58. The Morgan fingerprint density at radius 3 is 2.14 bits per heavy atom. The average molecular weight is 214 g/mol. The fraction of sp³-hybridized carbons (Fsp3) is 0.500. The zero-order valence-electron chi connectivity index (χ0n) is 9.76. The predicted octanol–water partition coefficient (Wildman–Crippen LogP) is 3.74. The van der Waals surface area contributed by atoms with Gasteiger partial charge >= 0.3 is 0 Å². The van der Waals surface area contributed by atoms with Crippen LogP contribution in [-0.4, -0.2) is 19.0 Å². The maximum Gasteiger partial charge on any atom is 0.0411 e. The Labute approximate surface area is 92.7 Å². The first kappa shape index (κ1) is 13.5. The fourth-order valence-electron chi connectivity index (χ4n) is 1.27. The second-order valence-electron chi connectivity index (χ2n) is 3.37. The number of halogens is 1. The summed E-state index contributed by atoms with van der Waals surface area (Å²) in [6.07, 6.45) is 0. The molecule has 2 heteroatoms. The lowest BCUT2D eigenvalue weighted by Gasteiger charge is -2.10. The Morgan fingerprint density at radius 2 is 1.71 bits per heavy atom. The van der Waals surface area contributed by atoms with Gasteiger partial charge in [-0.05, 0) is 44.3 Å². The van der Waals surface area contributed by atoms with E-state index < -0.39 is 0 Å². The molecule has 0 unspecified atom stereocenters. The van der Waals surface area contributed by atoms with E-state index in [1.807, 2.05) is 26.0 Å². The molecule has 0 fully saturated rings. The maximum absolute atomic E-state index is 5.92. The van der Waals surface area contributed by atoms with Gasteiger partial charge < -0.3 is 4.90 Å². The molecule has 1 nitrogen and oxygen atoms in total. The van der Waals surface area contributed by atoms with Gasteiger partial charge in [0, 0.05) is 11.6 Å². The van der Waals surface area contributed by atoms with Crippen molar-refractivity contribution in [2.75, 3.05) is 14.1 Å². The van der Waals surface area contributed by atoms with Crippen molar-refractivity contribution in [3.05, 3.63) is 34.3 Å². The Hall–Kier alpha value is -0.530. The van der Waals surface area contributed by atoms with E-state index >= 15 is 0 Å². The first-order valence-corrected chi connectivity index (χ1v) is 5.36. The Balaban J connectivity index is 0.000000791. The molecule has 1 rings (SSSR count). The predicted molar refractivity (Wildman–Crippen MR) is 64.9 cm³/mol. The molecule has 0 aliphatic heterocycles. The third-order valence-corrected chi connectivity index (χ3v) is 1.82. The van der Waals surface area contributed by atoms with Gasteiger partial charge in [-0.3, -0.25) is 0 Å². The van der Waals surface area contributed by atoms with Gasteiger partial charge in [0.05, 0.1) is 0 Å². The van der Waals surface area contributed by atoms with Crippen molar-refractivity contribution < 1.29 is 0 Å². The zero-order valence-corrected chi connectivity index (χ0v) is 10.5. The molecule has 0 atom stereocenters. The molecule has 14 heavy (non-hydrogen) atoms. The summed E-state index contributed by atoms with van der Waals surface area (Å²) in [5, 5.41) is 0.826. The van der Waals surface area contributed by atoms with Gasteiger partial charge in [-0.1, -0.05) is 31.5 Å². The first-order valence-electron chi connectivity index (χ1n) is 4.99. The maximum atomic E-state index is 5.92. The smallest absolute Gasteiger partial charge is 0.0411 e. The number of hydrogen-bond donors (Lipinski definition) is 0. The summed E-state index contributed by atoms with van der Waals surface area (Å²) in [5.41, 5.74) is 2.49. The van der Waals surface area contributed by atoms with E-state index in [9.17, 15) is 0 Å². The molecule has 0 N–H and O–H groups in total. The van der Waals surface area contributed by atoms with E-state index in [1.54, 1.807) is 0 Å². The highest BCUT2D eigenvalue weighted by atomic mass is 35.5. The number of aryl methyl sites for hydroxylation is 1. The Kier molecular flexibility index (Phi) is 6.60. The van der Waals surface area contributed by atoms with Crippen molar-refractivity contribution in [3.63, 3.8) is 0 Å². The van der Waals surface area contributed by atoms with E-state index in [1.165, 1.54) is 11.1 Å². The van der Waals surface area contributed by atoms with Gasteiger partial charge in [0.25, 0.3) is 0 Å². The van der Waals surface area contributed by atoms with Crippen LogP contribution in [0.1, 0.15) is 25.0 Å². The third-order valence-electron chi connectivity index (χ3n) is 1.60. The topological polar surface area (TPSA) is 3.24 Å². The quantitative estimate of drug-likeness (QED) is 0.724. The van der Waals surface area contributed by atoms with Gasteiger partial charge in [0.1, 0.15) is 0 Å². The molecule has 0 aliphatic rings. The molecule has 1 aromatic rings. The van der Waals surface area contributed by atoms with Crippen LogP contribution in [0.4, 0.5) is 0 Å². The Bertz CT molecular complexity index is 249. The molecule has 0 amide bonds. The molecule has 0 saturated heterocycles. The van der Waals surface area contributed by atoms with Crippen LogP contribution in [0, 0.1) is 6.92 Å². The number of hydrogen-bond acceptors (Lipinski definition) is 1. The minimum absolute atomic E-state index is 0.826. The van der Waals surface area contributed by atoms with Crippen molar-refractivity contribution in [3.8, 4) is 0 Å².